The van der Waals surface area contributed by atoms with E-state index >= 15 is 0 Å². The number of halogens is 3. The zero-order valence-electron chi connectivity index (χ0n) is 15.9. The third kappa shape index (κ3) is 3.60. The predicted molar refractivity (Wildman–Crippen MR) is 107 cm³/mol. The van der Waals surface area contributed by atoms with Crippen LogP contribution in [0.4, 0.5) is 18.9 Å². The second kappa shape index (κ2) is 7.12. The average Bonchev–Trinajstić information content (AvgIpc) is 3.49. The largest absolute Gasteiger partial charge is 0.417 e. The molecule has 1 aromatic carbocycles. The summed E-state index contributed by atoms with van der Waals surface area (Å²) in [6.07, 6.45) is 4.99. The highest BCUT2D eigenvalue weighted by Crippen LogP contribution is 2.39. The SMILES string of the molecule is FC(F)(F)C1=CN(c2cccc(-c3nncn3C3CC3)c2)CC(c2ccncc2)=C1. The van der Waals surface area contributed by atoms with Crippen molar-refractivity contribution in [2.24, 2.45) is 0 Å². The van der Waals surface area contributed by atoms with E-state index in [1.807, 2.05) is 22.8 Å². The molecule has 1 fully saturated rings. The van der Waals surface area contributed by atoms with Gasteiger partial charge in [0, 0.05) is 42.4 Å². The maximum absolute atomic E-state index is 13.6. The highest BCUT2D eigenvalue weighted by Gasteiger charge is 2.35. The molecule has 0 radical (unpaired) electrons. The van der Waals surface area contributed by atoms with E-state index < -0.39 is 11.7 Å². The molecule has 0 unspecified atom stereocenters. The van der Waals surface area contributed by atoms with Gasteiger partial charge in [0.25, 0.3) is 0 Å². The molecule has 8 heteroatoms. The molecule has 0 amide bonds. The maximum atomic E-state index is 13.6. The summed E-state index contributed by atoms with van der Waals surface area (Å²) in [6, 6.07) is 11.3. The fourth-order valence-corrected chi connectivity index (χ4v) is 3.62. The fourth-order valence-electron chi connectivity index (χ4n) is 3.62. The predicted octanol–water partition coefficient (Wildman–Crippen LogP) is 5.02. The van der Waals surface area contributed by atoms with Gasteiger partial charge in [-0.2, -0.15) is 13.2 Å². The Bertz CT molecular complexity index is 1130. The molecule has 30 heavy (non-hydrogen) atoms. The Balaban J connectivity index is 1.52. The van der Waals surface area contributed by atoms with E-state index in [1.165, 1.54) is 6.08 Å². The molecule has 0 bridgehead atoms. The van der Waals surface area contributed by atoms with Gasteiger partial charge in [-0.3, -0.25) is 4.98 Å². The highest BCUT2D eigenvalue weighted by atomic mass is 19.4. The Morgan fingerprint density at radius 1 is 1.00 bits per heavy atom. The van der Waals surface area contributed by atoms with Crippen LogP contribution >= 0.6 is 0 Å². The zero-order chi connectivity index (χ0) is 20.7. The van der Waals surface area contributed by atoms with Gasteiger partial charge < -0.3 is 9.47 Å². The van der Waals surface area contributed by atoms with Gasteiger partial charge in [0.15, 0.2) is 5.82 Å². The number of alkyl halides is 3. The lowest BCUT2D eigenvalue weighted by Crippen LogP contribution is -2.26. The van der Waals surface area contributed by atoms with Crippen molar-refractivity contribution in [1.29, 1.82) is 0 Å². The van der Waals surface area contributed by atoms with Crippen LogP contribution in [0.15, 0.2) is 73.0 Å². The molecule has 3 heterocycles. The summed E-state index contributed by atoms with van der Waals surface area (Å²) < 4.78 is 42.8. The monoisotopic (exact) mass is 409 g/mol. The number of hydrogen-bond acceptors (Lipinski definition) is 4. The van der Waals surface area contributed by atoms with E-state index in [9.17, 15) is 13.2 Å². The normalized spacial score (nSPS) is 17.0. The summed E-state index contributed by atoms with van der Waals surface area (Å²) >= 11 is 0. The van der Waals surface area contributed by atoms with E-state index in [0.717, 1.165) is 36.0 Å². The summed E-state index contributed by atoms with van der Waals surface area (Å²) in [7, 11) is 0. The van der Waals surface area contributed by atoms with Crippen molar-refractivity contribution >= 4 is 11.3 Å². The van der Waals surface area contributed by atoms with Gasteiger partial charge in [-0.1, -0.05) is 12.1 Å². The number of aromatic nitrogens is 4. The summed E-state index contributed by atoms with van der Waals surface area (Å²) in [6.45, 7) is 0.322. The lowest BCUT2D eigenvalue weighted by Gasteiger charge is -2.28. The average molecular weight is 409 g/mol. The fraction of sp³-hybridized carbons (Fsp3) is 0.227. The first-order valence-electron chi connectivity index (χ1n) is 9.65. The van der Waals surface area contributed by atoms with Gasteiger partial charge in [-0.15, -0.1) is 10.2 Å². The second-order valence-electron chi connectivity index (χ2n) is 7.46. The van der Waals surface area contributed by atoms with Crippen LogP contribution in [-0.4, -0.2) is 32.5 Å². The third-order valence-corrected chi connectivity index (χ3v) is 5.29. The Kier molecular flexibility index (Phi) is 4.42. The van der Waals surface area contributed by atoms with Crippen LogP contribution in [0.5, 0.6) is 0 Å². The number of nitrogens with zero attached hydrogens (tertiary/aromatic N) is 5. The molecule has 0 N–H and O–H groups in total. The molecule has 152 valence electrons. The van der Waals surface area contributed by atoms with E-state index in [1.54, 1.807) is 41.8 Å². The van der Waals surface area contributed by atoms with E-state index in [-0.39, 0.29) is 0 Å². The molecule has 2 aliphatic rings. The van der Waals surface area contributed by atoms with E-state index in [0.29, 0.717) is 23.8 Å². The number of rotatable bonds is 4. The number of anilines is 1. The van der Waals surface area contributed by atoms with Gasteiger partial charge >= 0.3 is 6.18 Å². The van der Waals surface area contributed by atoms with E-state index in [2.05, 4.69) is 15.2 Å². The van der Waals surface area contributed by atoms with Crippen molar-refractivity contribution in [3.8, 4) is 11.4 Å². The third-order valence-electron chi connectivity index (χ3n) is 5.29. The summed E-state index contributed by atoms with van der Waals surface area (Å²) in [4.78, 5) is 5.58. The molecule has 3 aromatic rings. The van der Waals surface area contributed by atoms with Gasteiger partial charge in [-0.25, -0.2) is 0 Å². The Morgan fingerprint density at radius 3 is 2.53 bits per heavy atom. The summed E-state index contributed by atoms with van der Waals surface area (Å²) in [5.74, 6) is 0.737. The van der Waals surface area contributed by atoms with Crippen LogP contribution in [0.3, 0.4) is 0 Å². The molecule has 1 aliphatic heterocycles. The summed E-state index contributed by atoms with van der Waals surface area (Å²) in [5.41, 5.74) is 2.11. The quantitative estimate of drug-likeness (QED) is 0.607. The van der Waals surface area contributed by atoms with Crippen LogP contribution < -0.4 is 4.90 Å². The molecule has 2 aromatic heterocycles. The number of benzene rings is 1. The second-order valence-corrected chi connectivity index (χ2v) is 7.46. The van der Waals surface area contributed by atoms with Gasteiger partial charge in [-0.05, 0) is 54.3 Å². The molecule has 0 atom stereocenters. The van der Waals surface area contributed by atoms with Gasteiger partial charge in [0.1, 0.15) is 6.33 Å². The molecular weight excluding hydrogens is 391 g/mol. The molecule has 0 spiro atoms. The van der Waals surface area contributed by atoms with Crippen LogP contribution in [0.25, 0.3) is 17.0 Å². The van der Waals surface area contributed by atoms with Crippen molar-refractivity contribution in [3.63, 3.8) is 0 Å². The topological polar surface area (TPSA) is 46.8 Å². The van der Waals surface area contributed by atoms with E-state index in [4.69, 9.17) is 0 Å². The van der Waals surface area contributed by atoms with Gasteiger partial charge in [0.05, 0.1) is 5.57 Å². The van der Waals surface area contributed by atoms with Crippen molar-refractivity contribution in [3.05, 3.63) is 78.5 Å². The lowest BCUT2D eigenvalue weighted by molar-refractivity contribution is -0.0884. The van der Waals surface area contributed by atoms with Crippen molar-refractivity contribution < 1.29 is 13.2 Å². The standard InChI is InChI=1S/C22H18F3N5/c23-22(24,25)18-10-17(15-6-8-26-9-7-15)12-29(13-18)20-3-1-2-16(11-20)21-28-27-14-30(21)19-4-5-19/h1-3,6-11,13-14,19H,4-5,12H2. The highest BCUT2D eigenvalue weighted by molar-refractivity contribution is 5.77. The first kappa shape index (κ1) is 18.6. The Hall–Kier alpha value is -3.42. The molecule has 0 saturated heterocycles. The maximum Gasteiger partial charge on any atom is 0.417 e. The van der Waals surface area contributed by atoms with Crippen molar-refractivity contribution in [1.82, 2.24) is 19.7 Å². The first-order chi connectivity index (χ1) is 14.5. The molecule has 1 saturated carbocycles. The zero-order valence-corrected chi connectivity index (χ0v) is 15.9. The van der Waals surface area contributed by atoms with Gasteiger partial charge in [0.2, 0.25) is 0 Å². The van der Waals surface area contributed by atoms with Crippen LogP contribution in [-0.2, 0) is 0 Å². The Labute approximate surface area is 171 Å². The first-order valence-corrected chi connectivity index (χ1v) is 9.65. The number of allylic oxidation sites excluding steroid dienone is 2. The smallest absolute Gasteiger partial charge is 0.343 e. The van der Waals surface area contributed by atoms with Crippen molar-refractivity contribution in [2.75, 3.05) is 11.4 Å². The van der Waals surface area contributed by atoms with Crippen LogP contribution in [0.1, 0.15) is 24.4 Å². The molecular formula is C22H18F3N5. The molecule has 5 nitrogen and oxygen atoms in total. The molecule has 1 aliphatic carbocycles. The van der Waals surface area contributed by atoms with Crippen molar-refractivity contribution in [2.45, 2.75) is 25.1 Å². The number of pyridine rings is 1. The van der Waals surface area contributed by atoms with Crippen LogP contribution in [0.2, 0.25) is 0 Å². The summed E-state index contributed by atoms with van der Waals surface area (Å²) in [5, 5.41) is 8.25. The molecule has 5 rings (SSSR count). The minimum absolute atomic E-state index is 0.322. The lowest BCUT2D eigenvalue weighted by atomic mass is 10.00. The minimum Gasteiger partial charge on any atom is -0.343 e. The minimum atomic E-state index is -4.44. The Morgan fingerprint density at radius 2 is 1.80 bits per heavy atom. The van der Waals surface area contributed by atoms with Crippen LogP contribution in [0, 0.1) is 0 Å². The number of hydrogen-bond donors (Lipinski definition) is 0.